The van der Waals surface area contributed by atoms with Crippen molar-refractivity contribution in [3.63, 3.8) is 0 Å². The first-order valence-electron chi connectivity index (χ1n) is 10.3. The molecule has 1 heterocycles. The van der Waals surface area contributed by atoms with E-state index in [1.165, 1.54) is 13.8 Å². The molecule has 1 fully saturated rings. The zero-order valence-electron chi connectivity index (χ0n) is 17.8. The van der Waals surface area contributed by atoms with E-state index < -0.39 is 42.5 Å². The molecule has 1 saturated heterocycles. The van der Waals surface area contributed by atoms with Crippen molar-refractivity contribution in [3.8, 4) is 0 Å². The highest BCUT2D eigenvalue weighted by Gasteiger charge is 2.46. The first-order chi connectivity index (χ1) is 13.8. The molecule has 0 radical (unpaired) electrons. The van der Waals surface area contributed by atoms with Gasteiger partial charge in [0.05, 0.1) is 0 Å². The monoisotopic (exact) mass is 417 g/mol. The SMILES string of the molecule is CCCCNC(=O)CCCCOC1OC(COC(C)=O)C(OC(C)=O)C(O)C1C. The Morgan fingerprint density at radius 3 is 2.45 bits per heavy atom. The van der Waals surface area contributed by atoms with Crippen LogP contribution in [-0.4, -0.2) is 67.3 Å². The van der Waals surface area contributed by atoms with E-state index in [1.54, 1.807) is 6.92 Å². The van der Waals surface area contributed by atoms with Gasteiger partial charge < -0.3 is 29.4 Å². The number of aliphatic hydroxyl groups excluding tert-OH is 1. The molecule has 1 aliphatic rings. The van der Waals surface area contributed by atoms with Crippen LogP contribution in [0.5, 0.6) is 0 Å². The third-order valence-electron chi connectivity index (χ3n) is 4.67. The van der Waals surface area contributed by atoms with Crippen LogP contribution in [-0.2, 0) is 33.3 Å². The number of nitrogens with one attached hydrogen (secondary N) is 1. The lowest BCUT2D eigenvalue weighted by Crippen LogP contribution is -2.57. The summed E-state index contributed by atoms with van der Waals surface area (Å²) in [6.07, 6.45) is 0.226. The van der Waals surface area contributed by atoms with E-state index in [2.05, 4.69) is 12.2 Å². The molecule has 9 nitrogen and oxygen atoms in total. The molecule has 0 aromatic rings. The third-order valence-corrected chi connectivity index (χ3v) is 4.67. The first kappa shape index (κ1) is 25.3. The Morgan fingerprint density at radius 2 is 1.83 bits per heavy atom. The summed E-state index contributed by atoms with van der Waals surface area (Å²) in [7, 11) is 0. The van der Waals surface area contributed by atoms with Gasteiger partial charge in [0.2, 0.25) is 5.91 Å². The van der Waals surface area contributed by atoms with E-state index in [-0.39, 0.29) is 12.5 Å². The summed E-state index contributed by atoms with van der Waals surface area (Å²) in [5.74, 6) is -1.49. The summed E-state index contributed by atoms with van der Waals surface area (Å²) in [5, 5.41) is 13.4. The smallest absolute Gasteiger partial charge is 0.303 e. The lowest BCUT2D eigenvalue weighted by Gasteiger charge is -2.42. The van der Waals surface area contributed by atoms with Crippen LogP contribution < -0.4 is 5.32 Å². The fourth-order valence-electron chi connectivity index (χ4n) is 3.00. The molecule has 0 aliphatic carbocycles. The van der Waals surface area contributed by atoms with Gasteiger partial charge in [-0.1, -0.05) is 20.3 Å². The molecule has 168 valence electrons. The average molecular weight is 417 g/mol. The summed E-state index contributed by atoms with van der Waals surface area (Å²) in [4.78, 5) is 34.1. The summed E-state index contributed by atoms with van der Waals surface area (Å²) in [6, 6.07) is 0. The van der Waals surface area contributed by atoms with Gasteiger partial charge in [0, 0.05) is 39.3 Å². The Bertz CT molecular complexity index is 527. The Labute approximate surface area is 172 Å². The quantitative estimate of drug-likeness (QED) is 0.360. The Hall–Kier alpha value is -1.71. The highest BCUT2D eigenvalue weighted by molar-refractivity contribution is 5.75. The number of hydrogen-bond acceptors (Lipinski definition) is 8. The van der Waals surface area contributed by atoms with Crippen LogP contribution in [0.3, 0.4) is 0 Å². The predicted octanol–water partition coefficient (Wildman–Crippen LogP) is 1.31. The van der Waals surface area contributed by atoms with Crippen LogP contribution in [0, 0.1) is 5.92 Å². The lowest BCUT2D eigenvalue weighted by atomic mass is 9.92. The average Bonchev–Trinajstić information content (AvgIpc) is 2.65. The van der Waals surface area contributed by atoms with E-state index in [0.717, 1.165) is 12.8 Å². The van der Waals surface area contributed by atoms with Crippen molar-refractivity contribution in [1.82, 2.24) is 5.32 Å². The van der Waals surface area contributed by atoms with Crippen molar-refractivity contribution in [1.29, 1.82) is 0 Å². The number of rotatable bonds is 12. The molecule has 1 amide bonds. The van der Waals surface area contributed by atoms with E-state index >= 15 is 0 Å². The van der Waals surface area contributed by atoms with Gasteiger partial charge in [-0.25, -0.2) is 0 Å². The Morgan fingerprint density at radius 1 is 1.10 bits per heavy atom. The molecule has 0 spiro atoms. The van der Waals surface area contributed by atoms with Gasteiger partial charge in [0.1, 0.15) is 18.8 Å². The van der Waals surface area contributed by atoms with Gasteiger partial charge in [-0.05, 0) is 19.3 Å². The van der Waals surface area contributed by atoms with Crippen LogP contribution in [0.4, 0.5) is 0 Å². The topological polar surface area (TPSA) is 120 Å². The molecular weight excluding hydrogens is 382 g/mol. The minimum atomic E-state index is -1.03. The maximum atomic E-state index is 11.7. The van der Waals surface area contributed by atoms with Crippen LogP contribution in [0.15, 0.2) is 0 Å². The van der Waals surface area contributed by atoms with Gasteiger partial charge >= 0.3 is 11.9 Å². The van der Waals surface area contributed by atoms with Crippen LogP contribution in [0.2, 0.25) is 0 Å². The molecule has 0 aromatic carbocycles. The molecule has 0 aromatic heterocycles. The number of unbranched alkanes of at least 4 members (excludes halogenated alkanes) is 2. The predicted molar refractivity (Wildman–Crippen MR) is 104 cm³/mol. The maximum Gasteiger partial charge on any atom is 0.303 e. The number of ether oxygens (including phenoxy) is 4. The van der Waals surface area contributed by atoms with Crippen molar-refractivity contribution >= 4 is 17.8 Å². The van der Waals surface area contributed by atoms with E-state index in [1.807, 2.05) is 0 Å². The van der Waals surface area contributed by atoms with Gasteiger partial charge in [-0.15, -0.1) is 0 Å². The number of aliphatic hydroxyl groups is 1. The Kier molecular flexibility index (Phi) is 11.8. The van der Waals surface area contributed by atoms with Gasteiger partial charge in [0.25, 0.3) is 0 Å². The zero-order valence-corrected chi connectivity index (χ0v) is 17.8. The lowest BCUT2D eigenvalue weighted by molar-refractivity contribution is -0.286. The molecule has 0 bridgehead atoms. The normalized spacial score (nSPS) is 26.6. The third kappa shape index (κ3) is 9.56. The highest BCUT2D eigenvalue weighted by atomic mass is 16.7. The van der Waals surface area contributed by atoms with E-state index in [4.69, 9.17) is 18.9 Å². The summed E-state index contributed by atoms with van der Waals surface area (Å²) in [5.41, 5.74) is 0. The molecule has 5 unspecified atom stereocenters. The van der Waals surface area contributed by atoms with E-state index in [0.29, 0.717) is 32.4 Å². The molecule has 5 atom stereocenters. The number of hydrogen-bond donors (Lipinski definition) is 2. The van der Waals surface area contributed by atoms with Crippen LogP contribution in [0.1, 0.15) is 59.8 Å². The number of carbonyl (C=O) groups is 3. The highest BCUT2D eigenvalue weighted by Crippen LogP contribution is 2.29. The molecule has 1 rings (SSSR count). The first-order valence-corrected chi connectivity index (χ1v) is 10.3. The molecule has 2 N–H and O–H groups in total. The fraction of sp³-hybridized carbons (Fsp3) is 0.850. The summed E-state index contributed by atoms with van der Waals surface area (Å²) >= 11 is 0. The minimum Gasteiger partial charge on any atom is -0.463 e. The van der Waals surface area contributed by atoms with Crippen molar-refractivity contribution < 1.29 is 38.4 Å². The maximum absolute atomic E-state index is 11.7. The number of amides is 1. The second-order valence-electron chi connectivity index (χ2n) is 7.30. The van der Waals surface area contributed by atoms with Crippen molar-refractivity contribution in [2.24, 2.45) is 5.92 Å². The second kappa shape index (κ2) is 13.5. The van der Waals surface area contributed by atoms with Crippen LogP contribution in [0.25, 0.3) is 0 Å². The molecule has 0 saturated carbocycles. The van der Waals surface area contributed by atoms with Gasteiger partial charge in [-0.3, -0.25) is 14.4 Å². The Balaban J connectivity index is 2.47. The van der Waals surface area contributed by atoms with Gasteiger partial charge in [-0.2, -0.15) is 0 Å². The largest absolute Gasteiger partial charge is 0.463 e. The van der Waals surface area contributed by atoms with Crippen molar-refractivity contribution in [3.05, 3.63) is 0 Å². The molecular formula is C20H35NO8. The molecule has 1 aliphatic heterocycles. The number of esters is 2. The zero-order chi connectivity index (χ0) is 21.8. The summed E-state index contributed by atoms with van der Waals surface area (Å²) in [6.45, 7) is 7.19. The number of carbonyl (C=O) groups excluding carboxylic acids is 3. The molecule has 9 heteroatoms. The second-order valence-corrected chi connectivity index (χ2v) is 7.30. The van der Waals surface area contributed by atoms with Crippen molar-refractivity contribution in [2.45, 2.75) is 84.4 Å². The standard InChI is InChI=1S/C20H35NO8/c1-5-6-10-21-17(24)9-7-8-11-26-20-13(2)18(25)19(28-15(4)23)16(29-20)12-27-14(3)22/h13,16,18-20,25H,5-12H2,1-4H3,(H,21,24). The van der Waals surface area contributed by atoms with E-state index in [9.17, 15) is 19.5 Å². The molecule has 29 heavy (non-hydrogen) atoms. The van der Waals surface area contributed by atoms with Crippen LogP contribution >= 0.6 is 0 Å². The minimum absolute atomic E-state index is 0.0295. The summed E-state index contributed by atoms with van der Waals surface area (Å²) < 4.78 is 21.7. The van der Waals surface area contributed by atoms with Crippen molar-refractivity contribution in [2.75, 3.05) is 19.8 Å². The van der Waals surface area contributed by atoms with Gasteiger partial charge in [0.15, 0.2) is 12.4 Å². The fourth-order valence-corrected chi connectivity index (χ4v) is 3.00.